The number of alkyl halides is 3. The van der Waals surface area contributed by atoms with Gasteiger partial charge in [-0.1, -0.05) is 0 Å². The largest absolute Gasteiger partial charge is 0.496 e. The minimum absolute atomic E-state index is 0.166. The Balaban J connectivity index is 1.90. The summed E-state index contributed by atoms with van der Waals surface area (Å²) in [6, 6.07) is 5.78. The Hall–Kier alpha value is -3.29. The Morgan fingerprint density at radius 1 is 1.21 bits per heavy atom. The lowest BCUT2D eigenvalue weighted by atomic mass is 10.0. The minimum atomic E-state index is -4.86. The number of ether oxygens (including phenoxy) is 1. The molecule has 0 spiro atoms. The molecule has 3 rings (SSSR count). The first kappa shape index (κ1) is 20.4. The Bertz CT molecular complexity index is 1110. The molecule has 4 nitrogen and oxygen atoms in total. The molecule has 8 heteroatoms. The average molecular weight is 407 g/mol. The summed E-state index contributed by atoms with van der Waals surface area (Å²) in [5, 5.41) is 3.17. The monoisotopic (exact) mass is 407 g/mol. The van der Waals surface area contributed by atoms with Crippen LogP contribution in [0.4, 0.5) is 23.2 Å². The zero-order valence-electron chi connectivity index (χ0n) is 15.8. The summed E-state index contributed by atoms with van der Waals surface area (Å²) in [5.74, 6) is -1.58. The molecular formula is C21H17F4NO3. The number of hydrogen-bond acceptors (Lipinski definition) is 3. The Labute approximate surface area is 163 Å². The van der Waals surface area contributed by atoms with Crippen molar-refractivity contribution >= 4 is 28.1 Å². The third-order valence-corrected chi connectivity index (χ3v) is 4.40. The number of halogens is 4. The van der Waals surface area contributed by atoms with E-state index in [9.17, 15) is 22.4 Å². The molecule has 3 aromatic rings. The molecule has 1 aromatic heterocycles. The van der Waals surface area contributed by atoms with Crippen LogP contribution in [0, 0.1) is 12.7 Å². The first-order valence-corrected chi connectivity index (χ1v) is 8.52. The van der Waals surface area contributed by atoms with Gasteiger partial charge in [-0.2, -0.15) is 13.2 Å². The second-order valence-electron chi connectivity index (χ2n) is 6.48. The Kier molecular flexibility index (Phi) is 5.37. The van der Waals surface area contributed by atoms with E-state index in [2.05, 4.69) is 5.32 Å². The van der Waals surface area contributed by atoms with E-state index in [-0.39, 0.29) is 5.69 Å². The van der Waals surface area contributed by atoms with Crippen LogP contribution >= 0.6 is 0 Å². The first-order valence-electron chi connectivity index (χ1n) is 8.52. The molecule has 29 heavy (non-hydrogen) atoms. The van der Waals surface area contributed by atoms with Crippen molar-refractivity contribution in [3.8, 4) is 5.75 Å². The van der Waals surface area contributed by atoms with Gasteiger partial charge in [0.15, 0.2) is 0 Å². The van der Waals surface area contributed by atoms with E-state index in [0.717, 1.165) is 17.0 Å². The fourth-order valence-corrected chi connectivity index (χ4v) is 2.93. The molecule has 0 aliphatic carbocycles. The number of carbonyl (C=O) groups excluding carboxylic acids is 1. The quantitative estimate of drug-likeness (QED) is 0.430. The number of amides is 1. The smallest absolute Gasteiger partial charge is 0.419 e. The average Bonchev–Trinajstić information content (AvgIpc) is 3.01. The van der Waals surface area contributed by atoms with Crippen LogP contribution in [0.2, 0.25) is 0 Å². The van der Waals surface area contributed by atoms with E-state index in [1.54, 1.807) is 19.3 Å². The van der Waals surface area contributed by atoms with Gasteiger partial charge >= 0.3 is 6.18 Å². The molecule has 0 saturated heterocycles. The molecule has 0 bridgehead atoms. The number of allylic oxidation sites excluding steroid dienone is 1. The predicted molar refractivity (Wildman–Crippen MR) is 101 cm³/mol. The number of carbonyl (C=O) groups is 1. The minimum Gasteiger partial charge on any atom is -0.496 e. The van der Waals surface area contributed by atoms with Gasteiger partial charge in [-0.25, -0.2) is 4.39 Å². The summed E-state index contributed by atoms with van der Waals surface area (Å²) in [5.41, 5.74) is 1.09. The van der Waals surface area contributed by atoms with Crippen molar-refractivity contribution < 1.29 is 31.5 Å². The topological polar surface area (TPSA) is 51.5 Å². The van der Waals surface area contributed by atoms with Crippen molar-refractivity contribution in [2.45, 2.75) is 20.0 Å². The summed E-state index contributed by atoms with van der Waals surface area (Å²) in [7, 11) is 1.48. The van der Waals surface area contributed by atoms with Crippen LogP contribution in [-0.4, -0.2) is 13.0 Å². The normalized spacial score (nSPS) is 12.3. The van der Waals surface area contributed by atoms with Crippen LogP contribution in [0.25, 0.3) is 16.5 Å². The molecule has 2 aromatic carbocycles. The van der Waals surface area contributed by atoms with Gasteiger partial charge in [0.2, 0.25) is 5.91 Å². The van der Waals surface area contributed by atoms with Crippen LogP contribution in [0.3, 0.4) is 0 Å². The number of furan rings is 1. The van der Waals surface area contributed by atoms with E-state index >= 15 is 0 Å². The standard InChI is InChI=1S/C21H17F4NO3/c1-11(14-8-15-12(2)10-29-19(15)9-18(14)28-3)6-20(27)26-13-4-5-17(22)16(7-13)21(23,24)25/h4-10H,1-3H3,(H,26,27)/b11-6+. The van der Waals surface area contributed by atoms with Gasteiger partial charge in [-0.05, 0) is 49.2 Å². The molecule has 1 N–H and O–H groups in total. The molecule has 1 heterocycles. The van der Waals surface area contributed by atoms with Gasteiger partial charge in [0.1, 0.15) is 17.1 Å². The lowest BCUT2D eigenvalue weighted by Crippen LogP contribution is -2.12. The van der Waals surface area contributed by atoms with Crippen LogP contribution in [0.5, 0.6) is 5.75 Å². The van der Waals surface area contributed by atoms with E-state index < -0.39 is 23.5 Å². The predicted octanol–water partition coefficient (Wildman–Crippen LogP) is 5.95. The molecular weight excluding hydrogens is 390 g/mol. The van der Waals surface area contributed by atoms with E-state index in [4.69, 9.17) is 9.15 Å². The van der Waals surface area contributed by atoms with Gasteiger partial charge in [0, 0.05) is 28.8 Å². The SMILES string of the molecule is COc1cc2occ(C)c2cc1/C(C)=C/C(=O)Nc1ccc(F)c(C(F)(F)F)c1. The Morgan fingerprint density at radius 2 is 1.93 bits per heavy atom. The lowest BCUT2D eigenvalue weighted by molar-refractivity contribution is -0.140. The number of hydrogen-bond donors (Lipinski definition) is 1. The zero-order valence-corrected chi connectivity index (χ0v) is 15.8. The highest BCUT2D eigenvalue weighted by atomic mass is 19.4. The third kappa shape index (κ3) is 4.26. The number of aryl methyl sites for hydroxylation is 1. The van der Waals surface area contributed by atoms with Crippen molar-refractivity contribution in [1.29, 1.82) is 0 Å². The number of methoxy groups -OCH3 is 1. The van der Waals surface area contributed by atoms with Crippen LogP contribution in [0.1, 0.15) is 23.6 Å². The molecule has 0 atom stereocenters. The summed E-state index contributed by atoms with van der Waals surface area (Å²) in [6.07, 6.45) is -2.02. The van der Waals surface area contributed by atoms with E-state index in [1.807, 2.05) is 13.0 Å². The van der Waals surface area contributed by atoms with Crippen molar-refractivity contribution in [3.63, 3.8) is 0 Å². The van der Waals surface area contributed by atoms with Crippen molar-refractivity contribution in [3.05, 3.63) is 65.2 Å². The molecule has 0 fully saturated rings. The lowest BCUT2D eigenvalue weighted by Gasteiger charge is -2.11. The van der Waals surface area contributed by atoms with E-state index in [1.165, 1.54) is 13.2 Å². The van der Waals surface area contributed by atoms with Crippen molar-refractivity contribution in [1.82, 2.24) is 0 Å². The first-order chi connectivity index (χ1) is 13.6. The highest BCUT2D eigenvalue weighted by Gasteiger charge is 2.34. The fourth-order valence-electron chi connectivity index (χ4n) is 2.93. The molecule has 1 amide bonds. The molecule has 0 aliphatic rings. The molecule has 0 unspecified atom stereocenters. The molecule has 0 saturated carbocycles. The van der Waals surface area contributed by atoms with Gasteiger partial charge < -0.3 is 14.5 Å². The highest BCUT2D eigenvalue weighted by molar-refractivity contribution is 6.04. The van der Waals surface area contributed by atoms with Crippen molar-refractivity contribution in [2.75, 3.05) is 12.4 Å². The zero-order chi connectivity index (χ0) is 21.3. The maximum atomic E-state index is 13.4. The van der Waals surface area contributed by atoms with Gasteiger partial charge in [0.25, 0.3) is 0 Å². The fraction of sp³-hybridized carbons (Fsp3) is 0.190. The summed E-state index contributed by atoms with van der Waals surface area (Å²) < 4.78 is 62.7. The van der Waals surface area contributed by atoms with Crippen LogP contribution in [0.15, 0.2) is 47.1 Å². The number of anilines is 1. The molecule has 152 valence electrons. The maximum Gasteiger partial charge on any atom is 0.419 e. The number of benzene rings is 2. The second kappa shape index (κ2) is 7.62. The van der Waals surface area contributed by atoms with Gasteiger partial charge in [-0.15, -0.1) is 0 Å². The Morgan fingerprint density at radius 3 is 2.59 bits per heavy atom. The number of fused-ring (bicyclic) bond motifs is 1. The summed E-state index contributed by atoms with van der Waals surface area (Å²) in [6.45, 7) is 3.55. The summed E-state index contributed by atoms with van der Waals surface area (Å²) >= 11 is 0. The molecule has 0 aliphatic heterocycles. The number of nitrogens with one attached hydrogen (secondary N) is 1. The summed E-state index contributed by atoms with van der Waals surface area (Å²) in [4.78, 5) is 12.3. The maximum absolute atomic E-state index is 13.4. The third-order valence-electron chi connectivity index (χ3n) is 4.40. The van der Waals surface area contributed by atoms with Gasteiger partial charge in [-0.3, -0.25) is 4.79 Å². The molecule has 0 radical (unpaired) electrons. The van der Waals surface area contributed by atoms with E-state index in [0.29, 0.717) is 34.6 Å². The van der Waals surface area contributed by atoms with Crippen LogP contribution in [-0.2, 0) is 11.0 Å². The number of rotatable bonds is 4. The highest BCUT2D eigenvalue weighted by Crippen LogP contribution is 2.34. The second-order valence-corrected chi connectivity index (χ2v) is 6.48. The van der Waals surface area contributed by atoms with Gasteiger partial charge in [0.05, 0.1) is 18.9 Å². The van der Waals surface area contributed by atoms with Crippen LogP contribution < -0.4 is 10.1 Å². The van der Waals surface area contributed by atoms with Crippen molar-refractivity contribution in [2.24, 2.45) is 0 Å².